The highest BCUT2D eigenvalue weighted by molar-refractivity contribution is 9.10. The summed E-state index contributed by atoms with van der Waals surface area (Å²) in [7, 11) is 0. The lowest BCUT2D eigenvalue weighted by atomic mass is 10.2. The number of hydrogen-bond acceptors (Lipinski definition) is 2. The lowest BCUT2D eigenvalue weighted by Gasteiger charge is -2.15. The Labute approximate surface area is 133 Å². The molecule has 0 aromatic heterocycles. The van der Waals surface area contributed by atoms with Gasteiger partial charge >= 0.3 is 0 Å². The van der Waals surface area contributed by atoms with Gasteiger partial charge in [-0.1, -0.05) is 29.8 Å². The van der Waals surface area contributed by atoms with Crippen LogP contribution >= 0.6 is 27.5 Å². The molecule has 0 bridgehead atoms. The third-order valence-corrected chi connectivity index (χ3v) is 3.66. The van der Waals surface area contributed by atoms with E-state index in [1.54, 1.807) is 0 Å². The smallest absolute Gasteiger partial charge is 0.124 e. The number of benzene rings is 2. The zero-order valence-corrected chi connectivity index (χ0v) is 13.8. The average molecular weight is 355 g/mol. The molecule has 0 fully saturated rings. The largest absolute Gasteiger partial charge is 0.491 e. The highest BCUT2D eigenvalue weighted by Crippen LogP contribution is 2.27. The fourth-order valence-corrected chi connectivity index (χ4v) is 2.40. The van der Waals surface area contributed by atoms with Gasteiger partial charge in [-0.05, 0) is 54.0 Å². The van der Waals surface area contributed by atoms with Crippen molar-refractivity contribution in [1.82, 2.24) is 0 Å². The van der Waals surface area contributed by atoms with Gasteiger partial charge in [0.1, 0.15) is 5.75 Å². The number of hydrogen-bond donors (Lipinski definition) is 1. The monoisotopic (exact) mass is 353 g/mol. The quantitative estimate of drug-likeness (QED) is 0.765. The van der Waals surface area contributed by atoms with E-state index in [0.29, 0.717) is 11.6 Å². The zero-order valence-electron chi connectivity index (χ0n) is 11.5. The average Bonchev–Trinajstić information content (AvgIpc) is 2.41. The molecule has 4 heteroatoms. The molecule has 0 spiro atoms. The minimum atomic E-state index is 0.161. The first-order valence-corrected chi connectivity index (χ1v) is 7.67. The normalized spacial score (nSPS) is 10.7. The molecule has 1 N–H and O–H groups in total. The van der Waals surface area contributed by atoms with E-state index >= 15 is 0 Å². The van der Waals surface area contributed by atoms with Crippen LogP contribution in [0.3, 0.4) is 0 Å². The van der Waals surface area contributed by atoms with Crippen molar-refractivity contribution in [3.8, 4) is 5.75 Å². The maximum Gasteiger partial charge on any atom is 0.124 e. The molecule has 2 aromatic rings. The summed E-state index contributed by atoms with van der Waals surface area (Å²) in [5.41, 5.74) is 2.09. The summed E-state index contributed by atoms with van der Waals surface area (Å²) < 4.78 is 6.80. The molecule has 2 nitrogen and oxygen atoms in total. The second-order valence-electron chi connectivity index (χ2n) is 4.75. The number of nitrogens with one attached hydrogen (secondary N) is 1. The number of halogens is 2. The minimum absolute atomic E-state index is 0.161. The molecule has 0 amide bonds. The van der Waals surface area contributed by atoms with Crippen molar-refractivity contribution < 1.29 is 4.74 Å². The Hall–Kier alpha value is -1.19. The minimum Gasteiger partial charge on any atom is -0.491 e. The molecule has 0 unspecified atom stereocenters. The van der Waals surface area contributed by atoms with E-state index in [2.05, 4.69) is 27.3 Å². The van der Waals surface area contributed by atoms with Gasteiger partial charge in [0.2, 0.25) is 0 Å². The van der Waals surface area contributed by atoms with Gasteiger partial charge in [0.15, 0.2) is 0 Å². The van der Waals surface area contributed by atoms with E-state index in [0.717, 1.165) is 21.5 Å². The maximum absolute atomic E-state index is 6.01. The Morgan fingerprint density at radius 1 is 1.20 bits per heavy atom. The van der Waals surface area contributed by atoms with Gasteiger partial charge in [-0.2, -0.15) is 0 Å². The fourth-order valence-electron chi connectivity index (χ4n) is 1.84. The lowest BCUT2D eigenvalue weighted by molar-refractivity contribution is 0.240. The standard InChI is InChI=1S/C16H17BrClNO/c1-11(2)20-16-6-4-3-5-12(16)10-19-15-9-13(18)7-8-14(15)17/h3-9,11,19H,10H2,1-2H3. The van der Waals surface area contributed by atoms with Gasteiger partial charge in [0.25, 0.3) is 0 Å². The van der Waals surface area contributed by atoms with Crippen molar-refractivity contribution in [2.45, 2.75) is 26.5 Å². The molecule has 0 radical (unpaired) electrons. The molecular weight excluding hydrogens is 338 g/mol. The van der Waals surface area contributed by atoms with Crippen LogP contribution in [0.4, 0.5) is 5.69 Å². The summed E-state index contributed by atoms with van der Waals surface area (Å²) in [6, 6.07) is 13.7. The second-order valence-corrected chi connectivity index (χ2v) is 6.04. The number of para-hydroxylation sites is 1. The van der Waals surface area contributed by atoms with Crippen molar-refractivity contribution in [1.29, 1.82) is 0 Å². The molecule has 106 valence electrons. The van der Waals surface area contributed by atoms with Crippen LogP contribution in [0.1, 0.15) is 19.4 Å². The summed E-state index contributed by atoms with van der Waals surface area (Å²) >= 11 is 9.52. The molecule has 2 rings (SSSR count). The van der Waals surface area contributed by atoms with Crippen molar-refractivity contribution in [3.63, 3.8) is 0 Å². The Kier molecular flexibility index (Phi) is 5.32. The Morgan fingerprint density at radius 2 is 1.95 bits per heavy atom. The summed E-state index contributed by atoms with van der Waals surface area (Å²) in [5, 5.41) is 4.08. The molecule has 20 heavy (non-hydrogen) atoms. The Bertz CT molecular complexity index is 586. The van der Waals surface area contributed by atoms with Gasteiger partial charge in [-0.25, -0.2) is 0 Å². The van der Waals surface area contributed by atoms with Gasteiger partial charge in [-0.15, -0.1) is 0 Å². The van der Waals surface area contributed by atoms with E-state index in [4.69, 9.17) is 16.3 Å². The Morgan fingerprint density at radius 3 is 2.70 bits per heavy atom. The van der Waals surface area contributed by atoms with Gasteiger partial charge < -0.3 is 10.1 Å². The van der Waals surface area contributed by atoms with Gasteiger partial charge in [0.05, 0.1) is 11.8 Å². The summed E-state index contributed by atoms with van der Waals surface area (Å²) in [6.45, 7) is 4.73. The van der Waals surface area contributed by atoms with Crippen LogP contribution in [0.2, 0.25) is 5.02 Å². The summed E-state index contributed by atoms with van der Waals surface area (Å²) in [5.74, 6) is 0.910. The third-order valence-electron chi connectivity index (χ3n) is 2.73. The predicted octanol–water partition coefficient (Wildman–Crippen LogP) is 5.50. The van der Waals surface area contributed by atoms with E-state index in [1.165, 1.54) is 0 Å². The van der Waals surface area contributed by atoms with Crippen LogP contribution in [-0.2, 0) is 6.54 Å². The van der Waals surface area contributed by atoms with Gasteiger partial charge in [-0.3, -0.25) is 0 Å². The first kappa shape index (κ1) is 15.2. The van der Waals surface area contributed by atoms with E-state index in [9.17, 15) is 0 Å². The van der Waals surface area contributed by atoms with Crippen LogP contribution in [0, 0.1) is 0 Å². The SMILES string of the molecule is CC(C)Oc1ccccc1CNc1cc(Cl)ccc1Br. The van der Waals surface area contributed by atoms with Crippen LogP contribution in [-0.4, -0.2) is 6.10 Å². The van der Waals surface area contributed by atoms with E-state index in [1.807, 2.05) is 50.2 Å². The maximum atomic E-state index is 6.01. The highest BCUT2D eigenvalue weighted by atomic mass is 79.9. The van der Waals surface area contributed by atoms with Crippen molar-refractivity contribution >= 4 is 33.2 Å². The van der Waals surface area contributed by atoms with Crippen molar-refractivity contribution in [2.24, 2.45) is 0 Å². The van der Waals surface area contributed by atoms with Crippen LogP contribution < -0.4 is 10.1 Å². The molecule has 0 saturated heterocycles. The molecular formula is C16H17BrClNO. The highest BCUT2D eigenvalue weighted by Gasteiger charge is 2.06. The molecule has 0 saturated carbocycles. The zero-order chi connectivity index (χ0) is 14.5. The lowest BCUT2D eigenvalue weighted by Crippen LogP contribution is -2.09. The number of ether oxygens (including phenoxy) is 1. The summed E-state index contributed by atoms with van der Waals surface area (Å²) in [4.78, 5) is 0. The van der Waals surface area contributed by atoms with Gasteiger partial charge in [0, 0.05) is 21.6 Å². The van der Waals surface area contributed by atoms with E-state index < -0.39 is 0 Å². The number of anilines is 1. The van der Waals surface area contributed by atoms with Crippen LogP contribution in [0.25, 0.3) is 0 Å². The first-order valence-electron chi connectivity index (χ1n) is 6.49. The van der Waals surface area contributed by atoms with Crippen LogP contribution in [0.5, 0.6) is 5.75 Å². The van der Waals surface area contributed by atoms with Crippen molar-refractivity contribution in [2.75, 3.05) is 5.32 Å². The van der Waals surface area contributed by atoms with Crippen LogP contribution in [0.15, 0.2) is 46.9 Å². The molecule has 0 heterocycles. The third kappa shape index (κ3) is 4.15. The molecule has 0 atom stereocenters. The van der Waals surface area contributed by atoms with E-state index in [-0.39, 0.29) is 6.10 Å². The topological polar surface area (TPSA) is 21.3 Å². The molecule has 0 aliphatic carbocycles. The summed E-state index contributed by atoms with van der Waals surface area (Å²) in [6.07, 6.45) is 0.161. The molecule has 0 aliphatic rings. The fraction of sp³-hybridized carbons (Fsp3) is 0.250. The Balaban J connectivity index is 2.12. The second kappa shape index (κ2) is 7.00. The molecule has 2 aromatic carbocycles. The first-order chi connectivity index (χ1) is 9.56. The number of rotatable bonds is 5. The predicted molar refractivity (Wildman–Crippen MR) is 88.7 cm³/mol. The van der Waals surface area contributed by atoms with Crippen molar-refractivity contribution in [3.05, 3.63) is 57.5 Å². The molecule has 0 aliphatic heterocycles.